The van der Waals surface area contributed by atoms with E-state index >= 15 is 0 Å². The lowest BCUT2D eigenvalue weighted by molar-refractivity contribution is 0.615. The minimum atomic E-state index is -0.330. The molecule has 5 nitrogen and oxygen atoms in total. The number of aromatic amines is 1. The first-order valence-corrected chi connectivity index (χ1v) is 8.86. The SMILES string of the molecule is C1=CC(c2cccnc2)(c2cccnc2)Cc2[nH]nc(-c3ccccn3)c21. The predicted molar refractivity (Wildman–Crippen MR) is 104 cm³/mol. The van der Waals surface area contributed by atoms with E-state index in [1.807, 2.05) is 42.7 Å². The van der Waals surface area contributed by atoms with Gasteiger partial charge < -0.3 is 0 Å². The van der Waals surface area contributed by atoms with Gasteiger partial charge in [-0.3, -0.25) is 20.1 Å². The summed E-state index contributed by atoms with van der Waals surface area (Å²) in [4.78, 5) is 13.1. The summed E-state index contributed by atoms with van der Waals surface area (Å²) in [7, 11) is 0. The van der Waals surface area contributed by atoms with Crippen molar-refractivity contribution in [3.05, 3.63) is 102 Å². The third-order valence-electron chi connectivity index (χ3n) is 5.13. The third-order valence-corrected chi connectivity index (χ3v) is 5.13. The first-order chi connectivity index (χ1) is 13.4. The molecule has 0 aliphatic heterocycles. The molecule has 5 rings (SSSR count). The van der Waals surface area contributed by atoms with Crippen LogP contribution in [-0.2, 0) is 11.8 Å². The van der Waals surface area contributed by atoms with Gasteiger partial charge in [0.05, 0.1) is 5.69 Å². The Kier molecular flexibility index (Phi) is 3.64. The number of nitrogens with zero attached hydrogens (tertiary/aromatic N) is 4. The van der Waals surface area contributed by atoms with Gasteiger partial charge in [0.1, 0.15) is 5.69 Å². The van der Waals surface area contributed by atoms with E-state index in [1.54, 1.807) is 18.6 Å². The summed E-state index contributed by atoms with van der Waals surface area (Å²) in [5, 5.41) is 7.79. The Hall–Kier alpha value is -3.60. The van der Waals surface area contributed by atoms with Crippen LogP contribution >= 0.6 is 0 Å². The summed E-state index contributed by atoms with van der Waals surface area (Å²) in [6.45, 7) is 0. The second-order valence-corrected chi connectivity index (χ2v) is 6.64. The molecule has 4 aromatic heterocycles. The normalized spacial score (nSPS) is 14.7. The Labute approximate surface area is 156 Å². The summed E-state index contributed by atoms with van der Waals surface area (Å²) in [5.41, 5.74) is 5.87. The van der Waals surface area contributed by atoms with Crippen molar-refractivity contribution in [3.63, 3.8) is 0 Å². The van der Waals surface area contributed by atoms with Crippen LogP contribution in [0.4, 0.5) is 0 Å². The van der Waals surface area contributed by atoms with E-state index in [0.29, 0.717) is 0 Å². The van der Waals surface area contributed by atoms with Gasteiger partial charge in [0.25, 0.3) is 0 Å². The molecule has 0 bridgehead atoms. The van der Waals surface area contributed by atoms with Crippen molar-refractivity contribution in [2.75, 3.05) is 0 Å². The standard InChI is InChI=1S/C22H17N5/c1-2-12-25-19(7-1)21-18-8-9-22(13-20(18)26-27-21,16-5-3-10-23-14-16)17-6-4-11-24-15-17/h1-12,14-15H,13H2,(H,26,27). The monoisotopic (exact) mass is 351 g/mol. The van der Waals surface area contributed by atoms with E-state index in [2.05, 4.69) is 49.4 Å². The van der Waals surface area contributed by atoms with Crippen LogP contribution in [0.25, 0.3) is 17.5 Å². The van der Waals surface area contributed by atoms with Gasteiger partial charge in [0.2, 0.25) is 0 Å². The van der Waals surface area contributed by atoms with Crippen LogP contribution in [0.1, 0.15) is 22.4 Å². The Morgan fingerprint density at radius 2 is 1.63 bits per heavy atom. The fourth-order valence-electron chi connectivity index (χ4n) is 3.78. The van der Waals surface area contributed by atoms with Gasteiger partial charge in [-0.1, -0.05) is 30.4 Å². The number of allylic oxidation sites excluding steroid dienone is 1. The maximum Gasteiger partial charge on any atom is 0.118 e. The fraction of sp³-hybridized carbons (Fsp3) is 0.0909. The average Bonchev–Trinajstić information content (AvgIpc) is 3.18. The van der Waals surface area contributed by atoms with E-state index in [-0.39, 0.29) is 5.41 Å². The minimum absolute atomic E-state index is 0.330. The highest BCUT2D eigenvalue weighted by Crippen LogP contribution is 2.42. The van der Waals surface area contributed by atoms with Crippen molar-refractivity contribution in [1.29, 1.82) is 0 Å². The van der Waals surface area contributed by atoms with Crippen molar-refractivity contribution in [1.82, 2.24) is 25.1 Å². The molecular weight excluding hydrogens is 334 g/mol. The molecular formula is C22H17N5. The fourth-order valence-corrected chi connectivity index (χ4v) is 3.78. The molecule has 0 saturated carbocycles. The molecule has 1 aliphatic carbocycles. The van der Waals surface area contributed by atoms with Crippen LogP contribution in [0.15, 0.2) is 79.5 Å². The van der Waals surface area contributed by atoms with E-state index in [1.165, 1.54) is 0 Å². The summed E-state index contributed by atoms with van der Waals surface area (Å²) in [6.07, 6.45) is 14.4. The third kappa shape index (κ3) is 2.56. The van der Waals surface area contributed by atoms with Gasteiger partial charge >= 0.3 is 0 Å². The molecule has 0 radical (unpaired) electrons. The molecule has 0 atom stereocenters. The summed E-state index contributed by atoms with van der Waals surface area (Å²) in [6, 6.07) is 14.1. The van der Waals surface area contributed by atoms with Gasteiger partial charge in [-0.2, -0.15) is 5.10 Å². The molecule has 4 heterocycles. The molecule has 0 aromatic carbocycles. The lowest BCUT2D eigenvalue weighted by Gasteiger charge is -2.33. The zero-order valence-corrected chi connectivity index (χ0v) is 14.6. The number of rotatable bonds is 3. The van der Waals surface area contributed by atoms with Gasteiger partial charge in [0.15, 0.2) is 0 Å². The molecule has 0 spiro atoms. The van der Waals surface area contributed by atoms with Crippen LogP contribution in [0.5, 0.6) is 0 Å². The number of H-pyrrole nitrogens is 1. The lowest BCUT2D eigenvalue weighted by Crippen LogP contribution is -2.30. The van der Waals surface area contributed by atoms with E-state index in [0.717, 1.165) is 40.2 Å². The first kappa shape index (κ1) is 15.6. The highest BCUT2D eigenvalue weighted by Gasteiger charge is 2.37. The van der Waals surface area contributed by atoms with Crippen LogP contribution in [0, 0.1) is 0 Å². The van der Waals surface area contributed by atoms with Crippen molar-refractivity contribution in [2.24, 2.45) is 0 Å². The molecule has 1 N–H and O–H groups in total. The first-order valence-electron chi connectivity index (χ1n) is 8.86. The van der Waals surface area contributed by atoms with Gasteiger partial charge in [-0.05, 0) is 35.4 Å². The second kappa shape index (κ2) is 6.29. The van der Waals surface area contributed by atoms with Crippen LogP contribution in [-0.4, -0.2) is 25.1 Å². The minimum Gasteiger partial charge on any atom is -0.281 e. The summed E-state index contributed by atoms with van der Waals surface area (Å²) >= 11 is 0. The zero-order chi connectivity index (χ0) is 18.1. The Balaban J connectivity index is 1.66. The van der Waals surface area contributed by atoms with Gasteiger partial charge in [-0.25, -0.2) is 0 Å². The second-order valence-electron chi connectivity index (χ2n) is 6.64. The van der Waals surface area contributed by atoms with E-state index < -0.39 is 0 Å². The highest BCUT2D eigenvalue weighted by atomic mass is 15.1. The van der Waals surface area contributed by atoms with Crippen LogP contribution in [0.2, 0.25) is 0 Å². The average molecular weight is 351 g/mol. The van der Waals surface area contributed by atoms with Crippen molar-refractivity contribution < 1.29 is 0 Å². The quantitative estimate of drug-likeness (QED) is 0.609. The largest absolute Gasteiger partial charge is 0.281 e. The van der Waals surface area contributed by atoms with Crippen molar-refractivity contribution >= 4 is 6.08 Å². The number of hydrogen-bond acceptors (Lipinski definition) is 4. The number of aromatic nitrogens is 5. The molecule has 0 unspecified atom stereocenters. The Morgan fingerprint density at radius 1 is 0.852 bits per heavy atom. The molecule has 0 fully saturated rings. The Bertz CT molecular complexity index is 1050. The molecule has 4 aromatic rings. The maximum absolute atomic E-state index is 4.55. The van der Waals surface area contributed by atoms with Gasteiger partial charge in [0, 0.05) is 54.1 Å². The summed E-state index contributed by atoms with van der Waals surface area (Å²) < 4.78 is 0. The number of nitrogens with one attached hydrogen (secondary N) is 1. The number of fused-ring (bicyclic) bond motifs is 1. The molecule has 5 heteroatoms. The molecule has 27 heavy (non-hydrogen) atoms. The topological polar surface area (TPSA) is 67.3 Å². The molecule has 1 aliphatic rings. The van der Waals surface area contributed by atoms with E-state index in [4.69, 9.17) is 0 Å². The van der Waals surface area contributed by atoms with Crippen LogP contribution in [0.3, 0.4) is 0 Å². The molecule has 0 saturated heterocycles. The molecule has 130 valence electrons. The Morgan fingerprint density at radius 3 is 2.26 bits per heavy atom. The van der Waals surface area contributed by atoms with Crippen molar-refractivity contribution in [2.45, 2.75) is 11.8 Å². The number of hydrogen-bond donors (Lipinski definition) is 1. The smallest absolute Gasteiger partial charge is 0.118 e. The maximum atomic E-state index is 4.55. The predicted octanol–water partition coefficient (Wildman–Crippen LogP) is 3.82. The van der Waals surface area contributed by atoms with Crippen LogP contribution < -0.4 is 0 Å². The van der Waals surface area contributed by atoms with E-state index in [9.17, 15) is 0 Å². The zero-order valence-electron chi connectivity index (χ0n) is 14.6. The molecule has 0 amide bonds. The lowest BCUT2D eigenvalue weighted by atomic mass is 9.69. The number of pyridine rings is 3. The summed E-state index contributed by atoms with van der Waals surface area (Å²) in [5.74, 6) is 0. The van der Waals surface area contributed by atoms with Crippen molar-refractivity contribution in [3.8, 4) is 11.4 Å². The van der Waals surface area contributed by atoms with Gasteiger partial charge in [-0.15, -0.1) is 0 Å². The highest BCUT2D eigenvalue weighted by molar-refractivity contribution is 5.74.